The Balaban J connectivity index is 2.09. The number of amides is 1. The third-order valence-electron chi connectivity index (χ3n) is 4.19. The summed E-state index contributed by atoms with van der Waals surface area (Å²) in [6.07, 6.45) is -0.0314. The average Bonchev–Trinajstić information content (AvgIpc) is 2.54. The number of nitrogens with one attached hydrogen (secondary N) is 1. The Morgan fingerprint density at radius 1 is 1.12 bits per heavy atom. The molecular formula is C20H22FNO3. The summed E-state index contributed by atoms with van der Waals surface area (Å²) >= 11 is 0. The number of carbonyl (C=O) groups is 2. The average molecular weight is 343 g/mol. The van der Waals surface area contributed by atoms with Crippen LogP contribution in [-0.2, 0) is 9.59 Å². The van der Waals surface area contributed by atoms with Gasteiger partial charge >= 0.3 is 5.97 Å². The highest BCUT2D eigenvalue weighted by Crippen LogP contribution is 2.23. The van der Waals surface area contributed by atoms with Gasteiger partial charge in [-0.1, -0.05) is 43.3 Å². The Morgan fingerprint density at radius 3 is 2.48 bits per heavy atom. The van der Waals surface area contributed by atoms with Crippen molar-refractivity contribution in [2.24, 2.45) is 0 Å². The first-order valence-electron chi connectivity index (χ1n) is 8.19. The van der Waals surface area contributed by atoms with E-state index >= 15 is 0 Å². The molecule has 0 heterocycles. The lowest BCUT2D eigenvalue weighted by atomic mass is 9.95. The maximum atomic E-state index is 13.3. The topological polar surface area (TPSA) is 66.4 Å². The fourth-order valence-electron chi connectivity index (χ4n) is 2.85. The van der Waals surface area contributed by atoms with Crippen LogP contribution in [0.3, 0.4) is 0 Å². The number of aliphatic carboxylic acids is 1. The summed E-state index contributed by atoms with van der Waals surface area (Å²) in [7, 11) is 0. The van der Waals surface area contributed by atoms with Crippen LogP contribution in [0.2, 0.25) is 0 Å². The number of carboxylic acids is 1. The Hall–Kier alpha value is -2.69. The molecule has 2 atom stereocenters. The monoisotopic (exact) mass is 343 g/mol. The van der Waals surface area contributed by atoms with Crippen LogP contribution >= 0.6 is 0 Å². The fraction of sp³-hybridized carbons (Fsp3) is 0.300. The van der Waals surface area contributed by atoms with E-state index in [9.17, 15) is 14.0 Å². The normalized spacial score (nSPS) is 13.1. The van der Waals surface area contributed by atoms with Crippen molar-refractivity contribution >= 4 is 11.9 Å². The summed E-state index contributed by atoms with van der Waals surface area (Å²) in [6, 6.07) is 12.9. The summed E-state index contributed by atoms with van der Waals surface area (Å²) < 4.78 is 13.3. The molecule has 0 saturated carbocycles. The molecule has 4 nitrogen and oxygen atoms in total. The van der Waals surface area contributed by atoms with Crippen molar-refractivity contribution < 1.29 is 19.1 Å². The minimum absolute atomic E-state index is 0.158. The molecule has 0 aliphatic heterocycles. The van der Waals surface area contributed by atoms with Gasteiger partial charge in [0.25, 0.3) is 0 Å². The number of aryl methyl sites for hydroxylation is 1. The zero-order valence-electron chi connectivity index (χ0n) is 14.3. The molecule has 25 heavy (non-hydrogen) atoms. The van der Waals surface area contributed by atoms with Gasteiger partial charge in [-0.05, 0) is 41.7 Å². The van der Waals surface area contributed by atoms with E-state index in [0.29, 0.717) is 0 Å². The summed E-state index contributed by atoms with van der Waals surface area (Å²) in [5.41, 5.74) is 2.45. The summed E-state index contributed by atoms with van der Waals surface area (Å²) in [5.74, 6) is -1.75. The number of halogens is 1. The van der Waals surface area contributed by atoms with Gasteiger partial charge in [0, 0.05) is 6.42 Å². The molecule has 5 heteroatoms. The zero-order valence-corrected chi connectivity index (χ0v) is 14.3. The molecule has 132 valence electrons. The van der Waals surface area contributed by atoms with Crippen molar-refractivity contribution in [1.82, 2.24) is 5.32 Å². The maximum Gasteiger partial charge on any atom is 0.305 e. The minimum atomic E-state index is -0.980. The first-order chi connectivity index (χ1) is 11.9. The minimum Gasteiger partial charge on any atom is -0.481 e. The summed E-state index contributed by atoms with van der Waals surface area (Å²) in [5, 5.41) is 12.0. The SMILES string of the molecule is Cc1ccccc1C(CC(=O)O)NC(=O)CC(C)c1cccc(F)c1. The van der Waals surface area contributed by atoms with Gasteiger partial charge in [-0.2, -0.15) is 0 Å². The highest BCUT2D eigenvalue weighted by Gasteiger charge is 2.21. The molecule has 1 amide bonds. The van der Waals surface area contributed by atoms with E-state index in [0.717, 1.165) is 16.7 Å². The number of benzene rings is 2. The van der Waals surface area contributed by atoms with Crippen molar-refractivity contribution in [1.29, 1.82) is 0 Å². The molecule has 2 aromatic carbocycles. The van der Waals surface area contributed by atoms with Crippen molar-refractivity contribution in [2.45, 2.75) is 38.6 Å². The summed E-state index contributed by atoms with van der Waals surface area (Å²) in [6.45, 7) is 3.72. The molecule has 0 bridgehead atoms. The lowest BCUT2D eigenvalue weighted by Gasteiger charge is -2.21. The molecule has 0 saturated heterocycles. The van der Waals surface area contributed by atoms with Gasteiger partial charge in [-0.3, -0.25) is 9.59 Å². The van der Waals surface area contributed by atoms with E-state index in [1.54, 1.807) is 12.1 Å². The largest absolute Gasteiger partial charge is 0.481 e. The molecule has 2 rings (SSSR count). The van der Waals surface area contributed by atoms with Crippen LogP contribution < -0.4 is 5.32 Å². The highest BCUT2D eigenvalue weighted by molar-refractivity contribution is 5.78. The number of rotatable bonds is 7. The third kappa shape index (κ3) is 5.41. The molecule has 2 N–H and O–H groups in total. The van der Waals surface area contributed by atoms with E-state index in [2.05, 4.69) is 5.32 Å². The Bertz CT molecular complexity index is 760. The second-order valence-corrected chi connectivity index (χ2v) is 6.23. The van der Waals surface area contributed by atoms with Gasteiger partial charge < -0.3 is 10.4 Å². The molecule has 0 spiro atoms. The molecular weight excluding hydrogens is 321 g/mol. The van der Waals surface area contributed by atoms with E-state index in [-0.39, 0.29) is 30.5 Å². The van der Waals surface area contributed by atoms with Gasteiger partial charge in [0.15, 0.2) is 0 Å². The smallest absolute Gasteiger partial charge is 0.305 e. The summed E-state index contributed by atoms with van der Waals surface area (Å²) in [4.78, 5) is 23.6. The van der Waals surface area contributed by atoms with Crippen molar-refractivity contribution in [3.63, 3.8) is 0 Å². The lowest BCUT2D eigenvalue weighted by molar-refractivity contribution is -0.137. The van der Waals surface area contributed by atoms with Gasteiger partial charge in [-0.15, -0.1) is 0 Å². The molecule has 0 fully saturated rings. The number of carboxylic acid groups (broad SMARTS) is 1. The van der Waals surface area contributed by atoms with Crippen LogP contribution in [0.4, 0.5) is 4.39 Å². The van der Waals surface area contributed by atoms with Crippen LogP contribution in [0, 0.1) is 12.7 Å². The Labute approximate surface area is 146 Å². The van der Waals surface area contributed by atoms with Crippen molar-refractivity contribution in [3.05, 3.63) is 71.0 Å². The van der Waals surface area contributed by atoms with E-state index in [1.807, 2.05) is 38.1 Å². The molecule has 0 radical (unpaired) electrons. The quantitative estimate of drug-likeness (QED) is 0.800. The van der Waals surface area contributed by atoms with E-state index in [1.165, 1.54) is 12.1 Å². The maximum absolute atomic E-state index is 13.3. The Morgan fingerprint density at radius 2 is 1.84 bits per heavy atom. The molecule has 2 unspecified atom stereocenters. The van der Waals surface area contributed by atoms with Crippen LogP contribution in [0.25, 0.3) is 0 Å². The number of carbonyl (C=O) groups excluding carboxylic acids is 1. The molecule has 0 aromatic heterocycles. The standard InChI is InChI=1S/C20H22FNO3/c1-13-6-3-4-9-17(13)18(12-20(24)25)22-19(23)10-14(2)15-7-5-8-16(21)11-15/h3-9,11,14,18H,10,12H2,1-2H3,(H,22,23)(H,24,25). The van der Waals surface area contributed by atoms with Crippen LogP contribution in [0.5, 0.6) is 0 Å². The number of hydrogen-bond acceptors (Lipinski definition) is 2. The zero-order chi connectivity index (χ0) is 18.4. The van der Waals surface area contributed by atoms with Crippen LogP contribution in [0.1, 0.15) is 48.4 Å². The first kappa shape index (κ1) is 18.6. The fourth-order valence-corrected chi connectivity index (χ4v) is 2.85. The van der Waals surface area contributed by atoms with Crippen LogP contribution in [0.15, 0.2) is 48.5 Å². The molecule has 0 aliphatic rings. The van der Waals surface area contributed by atoms with Crippen LogP contribution in [-0.4, -0.2) is 17.0 Å². The lowest BCUT2D eigenvalue weighted by Crippen LogP contribution is -2.31. The van der Waals surface area contributed by atoms with E-state index in [4.69, 9.17) is 5.11 Å². The second kappa shape index (κ2) is 8.42. The third-order valence-corrected chi connectivity index (χ3v) is 4.19. The van der Waals surface area contributed by atoms with Crippen molar-refractivity contribution in [3.8, 4) is 0 Å². The molecule has 0 aliphatic carbocycles. The Kier molecular flexibility index (Phi) is 6.28. The van der Waals surface area contributed by atoms with Crippen molar-refractivity contribution in [2.75, 3.05) is 0 Å². The predicted molar refractivity (Wildman–Crippen MR) is 93.7 cm³/mol. The highest BCUT2D eigenvalue weighted by atomic mass is 19.1. The van der Waals surface area contributed by atoms with Gasteiger partial charge in [-0.25, -0.2) is 4.39 Å². The van der Waals surface area contributed by atoms with Gasteiger partial charge in [0.2, 0.25) is 5.91 Å². The first-order valence-corrected chi connectivity index (χ1v) is 8.19. The van der Waals surface area contributed by atoms with E-state index < -0.39 is 12.0 Å². The molecule has 2 aromatic rings. The number of hydrogen-bond donors (Lipinski definition) is 2. The van der Waals surface area contributed by atoms with Gasteiger partial charge in [0.05, 0.1) is 12.5 Å². The second-order valence-electron chi connectivity index (χ2n) is 6.23. The predicted octanol–water partition coefficient (Wildman–Crippen LogP) is 3.96. The van der Waals surface area contributed by atoms with Gasteiger partial charge in [0.1, 0.15) is 5.82 Å².